The summed E-state index contributed by atoms with van der Waals surface area (Å²) in [5.41, 5.74) is 5.07. The summed E-state index contributed by atoms with van der Waals surface area (Å²) in [5, 5.41) is 0. The van der Waals surface area contributed by atoms with E-state index in [0.29, 0.717) is 0 Å². The minimum Gasteiger partial charge on any atom is -0.0795 e. The average Bonchev–Trinajstić information content (AvgIpc) is 2.63. The molecule has 112 valence electrons. The molecule has 0 heterocycles. The topological polar surface area (TPSA) is 0 Å². The van der Waals surface area contributed by atoms with Gasteiger partial charge in [0, 0.05) is 0 Å². The molecular formula is C23H20. The molecule has 0 aliphatic carbocycles. The van der Waals surface area contributed by atoms with Crippen molar-refractivity contribution >= 4 is 17.7 Å². The normalized spacial score (nSPS) is 11.7. The zero-order valence-electron chi connectivity index (χ0n) is 13.1. The summed E-state index contributed by atoms with van der Waals surface area (Å²) in [6.45, 7) is 0. The SMILES string of the molecule is C(=C\c1ccccc1)/C/C(=C\c1ccccc1)c1ccccc1. The minimum absolute atomic E-state index is 0.911. The van der Waals surface area contributed by atoms with Crippen LogP contribution in [-0.4, -0.2) is 0 Å². The van der Waals surface area contributed by atoms with E-state index < -0.39 is 0 Å². The molecular weight excluding hydrogens is 276 g/mol. The number of benzene rings is 3. The summed E-state index contributed by atoms with van der Waals surface area (Å²) in [6.07, 6.45) is 7.59. The van der Waals surface area contributed by atoms with Crippen molar-refractivity contribution in [1.82, 2.24) is 0 Å². The minimum atomic E-state index is 0.911. The van der Waals surface area contributed by atoms with Crippen molar-refractivity contribution in [3.05, 3.63) is 114 Å². The molecule has 0 amide bonds. The molecule has 0 saturated heterocycles. The van der Waals surface area contributed by atoms with Crippen molar-refractivity contribution in [2.24, 2.45) is 0 Å². The van der Waals surface area contributed by atoms with Gasteiger partial charge < -0.3 is 0 Å². The van der Waals surface area contributed by atoms with Gasteiger partial charge in [0.25, 0.3) is 0 Å². The molecule has 0 aliphatic rings. The summed E-state index contributed by atoms with van der Waals surface area (Å²) in [6, 6.07) is 31.5. The molecule has 3 aromatic carbocycles. The Bertz CT molecular complexity index is 766. The van der Waals surface area contributed by atoms with Gasteiger partial charge in [0.2, 0.25) is 0 Å². The fourth-order valence-corrected chi connectivity index (χ4v) is 2.55. The second kappa shape index (κ2) is 7.95. The van der Waals surface area contributed by atoms with Crippen molar-refractivity contribution in [2.75, 3.05) is 0 Å². The summed E-state index contributed by atoms with van der Waals surface area (Å²) in [5.74, 6) is 0. The summed E-state index contributed by atoms with van der Waals surface area (Å²) in [4.78, 5) is 0. The Labute approximate surface area is 138 Å². The van der Waals surface area contributed by atoms with Crippen molar-refractivity contribution in [3.63, 3.8) is 0 Å². The van der Waals surface area contributed by atoms with Gasteiger partial charge in [-0.1, -0.05) is 109 Å². The third kappa shape index (κ3) is 4.55. The van der Waals surface area contributed by atoms with E-state index in [1.807, 2.05) is 6.07 Å². The molecule has 0 N–H and O–H groups in total. The van der Waals surface area contributed by atoms with Gasteiger partial charge in [0.1, 0.15) is 0 Å². The van der Waals surface area contributed by atoms with Gasteiger partial charge >= 0.3 is 0 Å². The second-order valence-corrected chi connectivity index (χ2v) is 5.46. The number of rotatable bonds is 5. The maximum absolute atomic E-state index is 2.27. The average molecular weight is 296 g/mol. The lowest BCUT2D eigenvalue weighted by molar-refractivity contribution is 1.41. The number of allylic oxidation sites excluding steroid dienone is 2. The molecule has 0 bridgehead atoms. The second-order valence-electron chi connectivity index (χ2n) is 5.46. The quantitative estimate of drug-likeness (QED) is 0.482. The first kappa shape index (κ1) is 15.1. The van der Waals surface area contributed by atoms with E-state index in [9.17, 15) is 0 Å². The van der Waals surface area contributed by atoms with Crippen molar-refractivity contribution < 1.29 is 0 Å². The Morgan fingerprint density at radius 2 is 1.13 bits per heavy atom. The van der Waals surface area contributed by atoms with E-state index in [0.717, 1.165) is 6.42 Å². The van der Waals surface area contributed by atoms with E-state index in [2.05, 4.69) is 103 Å². The van der Waals surface area contributed by atoms with Gasteiger partial charge in [0.15, 0.2) is 0 Å². The zero-order chi connectivity index (χ0) is 15.7. The summed E-state index contributed by atoms with van der Waals surface area (Å²) >= 11 is 0. The smallest absolute Gasteiger partial charge is 0.00880 e. The predicted octanol–water partition coefficient (Wildman–Crippen LogP) is 6.33. The molecule has 0 saturated carbocycles. The Hall–Kier alpha value is -2.86. The Morgan fingerprint density at radius 1 is 0.609 bits per heavy atom. The van der Waals surface area contributed by atoms with Crippen LogP contribution in [0.2, 0.25) is 0 Å². The van der Waals surface area contributed by atoms with Gasteiger partial charge in [0.05, 0.1) is 0 Å². The van der Waals surface area contributed by atoms with Crippen LogP contribution in [0.5, 0.6) is 0 Å². The van der Waals surface area contributed by atoms with Crippen molar-refractivity contribution in [2.45, 2.75) is 6.42 Å². The Morgan fingerprint density at radius 3 is 1.74 bits per heavy atom. The first-order chi connectivity index (χ1) is 11.4. The van der Waals surface area contributed by atoms with E-state index in [1.54, 1.807) is 0 Å². The van der Waals surface area contributed by atoms with Crippen LogP contribution < -0.4 is 0 Å². The molecule has 0 aromatic heterocycles. The van der Waals surface area contributed by atoms with Crippen LogP contribution in [0, 0.1) is 0 Å². The highest BCUT2D eigenvalue weighted by molar-refractivity contribution is 5.82. The summed E-state index contributed by atoms with van der Waals surface area (Å²) < 4.78 is 0. The van der Waals surface area contributed by atoms with Crippen molar-refractivity contribution in [3.8, 4) is 0 Å². The predicted molar refractivity (Wildman–Crippen MR) is 101 cm³/mol. The maximum atomic E-state index is 2.27. The largest absolute Gasteiger partial charge is 0.0795 e. The first-order valence-electron chi connectivity index (χ1n) is 7.94. The molecule has 0 aliphatic heterocycles. The third-order valence-corrected chi connectivity index (χ3v) is 3.73. The first-order valence-corrected chi connectivity index (χ1v) is 7.94. The maximum Gasteiger partial charge on any atom is -0.00880 e. The van der Waals surface area contributed by atoms with Crippen LogP contribution in [0.25, 0.3) is 17.7 Å². The molecule has 0 spiro atoms. The van der Waals surface area contributed by atoms with Crippen LogP contribution in [0.3, 0.4) is 0 Å². The van der Waals surface area contributed by atoms with Gasteiger partial charge in [-0.25, -0.2) is 0 Å². The van der Waals surface area contributed by atoms with Crippen LogP contribution in [0.15, 0.2) is 97.1 Å². The molecule has 0 atom stereocenters. The molecule has 0 nitrogen and oxygen atoms in total. The lowest BCUT2D eigenvalue weighted by atomic mass is 9.99. The number of hydrogen-bond acceptors (Lipinski definition) is 0. The fourth-order valence-electron chi connectivity index (χ4n) is 2.55. The lowest BCUT2D eigenvalue weighted by Gasteiger charge is -2.06. The van der Waals surface area contributed by atoms with Crippen LogP contribution in [0.4, 0.5) is 0 Å². The van der Waals surface area contributed by atoms with E-state index >= 15 is 0 Å². The molecule has 0 unspecified atom stereocenters. The molecule has 23 heavy (non-hydrogen) atoms. The molecule has 0 radical (unpaired) electrons. The molecule has 3 aromatic rings. The summed E-state index contributed by atoms with van der Waals surface area (Å²) in [7, 11) is 0. The van der Waals surface area contributed by atoms with Crippen LogP contribution in [0.1, 0.15) is 23.1 Å². The lowest BCUT2D eigenvalue weighted by Crippen LogP contribution is -1.83. The fraction of sp³-hybridized carbons (Fsp3) is 0.0435. The van der Waals surface area contributed by atoms with E-state index in [4.69, 9.17) is 0 Å². The molecule has 0 fully saturated rings. The van der Waals surface area contributed by atoms with Gasteiger partial charge in [-0.3, -0.25) is 0 Å². The Kier molecular flexibility index (Phi) is 5.21. The monoisotopic (exact) mass is 296 g/mol. The third-order valence-electron chi connectivity index (χ3n) is 3.73. The standard InChI is InChI=1S/C23H20/c1-4-11-20(12-5-1)15-10-18-23(22-16-8-3-9-17-22)19-21-13-6-2-7-14-21/h1-17,19H,18H2/b15-10+,23-19+. The Balaban J connectivity index is 1.84. The van der Waals surface area contributed by atoms with Gasteiger partial charge in [-0.15, -0.1) is 0 Å². The number of hydrogen-bond donors (Lipinski definition) is 0. The van der Waals surface area contributed by atoms with Crippen molar-refractivity contribution in [1.29, 1.82) is 0 Å². The highest BCUT2D eigenvalue weighted by Gasteiger charge is 2.00. The van der Waals surface area contributed by atoms with Gasteiger partial charge in [-0.05, 0) is 28.7 Å². The molecule has 3 rings (SSSR count). The van der Waals surface area contributed by atoms with Crippen LogP contribution in [-0.2, 0) is 0 Å². The van der Waals surface area contributed by atoms with E-state index in [1.165, 1.54) is 22.3 Å². The zero-order valence-corrected chi connectivity index (χ0v) is 13.1. The highest BCUT2D eigenvalue weighted by Crippen LogP contribution is 2.22. The van der Waals surface area contributed by atoms with Crippen LogP contribution >= 0.6 is 0 Å². The molecule has 0 heteroatoms. The van der Waals surface area contributed by atoms with Gasteiger partial charge in [-0.2, -0.15) is 0 Å². The van der Waals surface area contributed by atoms with E-state index in [-0.39, 0.29) is 0 Å². The highest BCUT2D eigenvalue weighted by atomic mass is 14.0.